The second kappa shape index (κ2) is 7.23. The molecular formula is C10H20N2O3. The van der Waals surface area contributed by atoms with Gasteiger partial charge in [0.1, 0.15) is 6.61 Å². The van der Waals surface area contributed by atoms with Crippen molar-refractivity contribution in [3.8, 4) is 0 Å². The Morgan fingerprint density at radius 2 is 2.00 bits per heavy atom. The molecule has 0 aromatic carbocycles. The first-order valence-electron chi connectivity index (χ1n) is 5.11. The summed E-state index contributed by atoms with van der Waals surface area (Å²) in [5, 5.41) is 2.48. The Bertz CT molecular complexity index is 217. The highest BCUT2D eigenvalue weighted by Gasteiger charge is 2.14. The maximum Gasteiger partial charge on any atom is 0.249 e. The van der Waals surface area contributed by atoms with Crippen LogP contribution in [0.15, 0.2) is 0 Å². The molecule has 2 amide bonds. The van der Waals surface area contributed by atoms with Crippen LogP contribution in [0.3, 0.4) is 0 Å². The van der Waals surface area contributed by atoms with Crippen LogP contribution >= 0.6 is 0 Å². The lowest BCUT2D eigenvalue weighted by molar-refractivity contribution is -0.140. The molecule has 0 atom stereocenters. The molecule has 0 heterocycles. The Hall–Kier alpha value is -1.10. The SMILES string of the molecule is CCN(CC(=O)NC)C(=O)COC(C)C. The van der Waals surface area contributed by atoms with Gasteiger partial charge in [-0.2, -0.15) is 0 Å². The Kier molecular flexibility index (Phi) is 6.70. The highest BCUT2D eigenvalue weighted by Crippen LogP contribution is 1.94. The number of nitrogens with zero attached hydrogens (tertiary/aromatic N) is 1. The molecule has 0 unspecified atom stereocenters. The van der Waals surface area contributed by atoms with Gasteiger partial charge >= 0.3 is 0 Å². The van der Waals surface area contributed by atoms with Gasteiger partial charge in [0.05, 0.1) is 12.6 Å². The fourth-order valence-corrected chi connectivity index (χ4v) is 0.958. The van der Waals surface area contributed by atoms with Crippen LogP contribution in [0.5, 0.6) is 0 Å². The van der Waals surface area contributed by atoms with E-state index in [0.29, 0.717) is 6.54 Å². The molecular weight excluding hydrogens is 196 g/mol. The minimum atomic E-state index is -0.172. The predicted octanol–water partition coefficient (Wildman–Crippen LogP) is 0.00590. The van der Waals surface area contributed by atoms with Crippen molar-refractivity contribution in [1.82, 2.24) is 10.2 Å². The predicted molar refractivity (Wildman–Crippen MR) is 57.4 cm³/mol. The van der Waals surface area contributed by atoms with Crippen molar-refractivity contribution >= 4 is 11.8 Å². The van der Waals surface area contributed by atoms with Crippen molar-refractivity contribution in [3.05, 3.63) is 0 Å². The first-order chi connectivity index (χ1) is 7.01. The average molecular weight is 216 g/mol. The van der Waals surface area contributed by atoms with Gasteiger partial charge in [-0.05, 0) is 20.8 Å². The lowest BCUT2D eigenvalue weighted by Crippen LogP contribution is -2.41. The molecule has 0 rings (SSSR count). The van der Waals surface area contributed by atoms with Gasteiger partial charge in [0.2, 0.25) is 11.8 Å². The number of carbonyl (C=O) groups excluding carboxylic acids is 2. The second-order valence-electron chi connectivity index (χ2n) is 3.44. The van der Waals surface area contributed by atoms with Gasteiger partial charge < -0.3 is 15.0 Å². The summed E-state index contributed by atoms with van der Waals surface area (Å²) in [4.78, 5) is 24.1. The highest BCUT2D eigenvalue weighted by molar-refractivity contribution is 5.85. The molecule has 0 saturated carbocycles. The van der Waals surface area contributed by atoms with Crippen LogP contribution in [-0.4, -0.2) is 49.6 Å². The van der Waals surface area contributed by atoms with E-state index in [4.69, 9.17) is 4.74 Å². The number of nitrogens with one attached hydrogen (secondary N) is 1. The van der Waals surface area contributed by atoms with Gasteiger partial charge in [-0.3, -0.25) is 9.59 Å². The van der Waals surface area contributed by atoms with Crippen LogP contribution in [0.25, 0.3) is 0 Å². The summed E-state index contributed by atoms with van der Waals surface area (Å²) in [5.41, 5.74) is 0. The molecule has 0 aromatic heterocycles. The summed E-state index contributed by atoms with van der Waals surface area (Å²) >= 11 is 0. The monoisotopic (exact) mass is 216 g/mol. The lowest BCUT2D eigenvalue weighted by Gasteiger charge is -2.20. The summed E-state index contributed by atoms with van der Waals surface area (Å²) in [5.74, 6) is -0.329. The normalized spacial score (nSPS) is 10.2. The largest absolute Gasteiger partial charge is 0.369 e. The van der Waals surface area contributed by atoms with Gasteiger partial charge in [0, 0.05) is 13.6 Å². The molecule has 0 aromatic rings. The smallest absolute Gasteiger partial charge is 0.249 e. The fourth-order valence-electron chi connectivity index (χ4n) is 0.958. The zero-order valence-electron chi connectivity index (χ0n) is 9.87. The molecule has 1 N–H and O–H groups in total. The topological polar surface area (TPSA) is 58.6 Å². The van der Waals surface area contributed by atoms with E-state index in [0.717, 1.165) is 0 Å². The van der Waals surface area contributed by atoms with E-state index in [1.807, 2.05) is 20.8 Å². The quantitative estimate of drug-likeness (QED) is 0.680. The number of amides is 2. The zero-order chi connectivity index (χ0) is 11.8. The maximum atomic E-state index is 11.6. The van der Waals surface area contributed by atoms with Crippen molar-refractivity contribution in [2.45, 2.75) is 26.9 Å². The van der Waals surface area contributed by atoms with E-state index in [1.54, 1.807) is 7.05 Å². The third kappa shape index (κ3) is 6.06. The number of rotatable bonds is 6. The summed E-state index contributed by atoms with van der Waals surface area (Å²) in [6, 6.07) is 0. The fraction of sp³-hybridized carbons (Fsp3) is 0.800. The molecule has 0 fully saturated rings. The summed E-state index contributed by atoms with van der Waals surface area (Å²) in [6.07, 6.45) is 0.0210. The number of hydrogen-bond acceptors (Lipinski definition) is 3. The molecule has 0 bridgehead atoms. The number of likely N-dealkylation sites (N-methyl/N-ethyl adjacent to an activating group) is 2. The van der Waals surface area contributed by atoms with E-state index in [-0.39, 0.29) is 31.1 Å². The first kappa shape index (κ1) is 13.9. The van der Waals surface area contributed by atoms with Crippen molar-refractivity contribution in [2.75, 3.05) is 26.7 Å². The van der Waals surface area contributed by atoms with Gasteiger partial charge in [0.25, 0.3) is 0 Å². The highest BCUT2D eigenvalue weighted by atomic mass is 16.5. The van der Waals surface area contributed by atoms with Crippen molar-refractivity contribution in [2.24, 2.45) is 0 Å². The van der Waals surface area contributed by atoms with Crippen molar-refractivity contribution in [1.29, 1.82) is 0 Å². The van der Waals surface area contributed by atoms with E-state index < -0.39 is 0 Å². The van der Waals surface area contributed by atoms with Crippen LogP contribution < -0.4 is 5.32 Å². The maximum absolute atomic E-state index is 11.6. The average Bonchev–Trinajstić information content (AvgIpc) is 2.21. The Morgan fingerprint density at radius 1 is 1.40 bits per heavy atom. The number of carbonyl (C=O) groups is 2. The molecule has 0 aliphatic carbocycles. The van der Waals surface area contributed by atoms with E-state index in [1.165, 1.54) is 4.90 Å². The molecule has 0 saturated heterocycles. The van der Waals surface area contributed by atoms with Crippen LogP contribution in [0.2, 0.25) is 0 Å². The standard InChI is InChI=1S/C10H20N2O3/c1-5-12(6-9(13)11-4)10(14)7-15-8(2)3/h8H,5-7H2,1-4H3,(H,11,13). The summed E-state index contributed by atoms with van der Waals surface area (Å²) < 4.78 is 5.18. The Morgan fingerprint density at radius 3 is 2.40 bits per heavy atom. The van der Waals surface area contributed by atoms with Crippen LogP contribution in [0, 0.1) is 0 Å². The molecule has 5 nitrogen and oxygen atoms in total. The second-order valence-corrected chi connectivity index (χ2v) is 3.44. The molecule has 0 aliphatic rings. The van der Waals surface area contributed by atoms with Gasteiger partial charge in [0.15, 0.2) is 0 Å². The molecule has 15 heavy (non-hydrogen) atoms. The summed E-state index contributed by atoms with van der Waals surface area (Å²) in [6.45, 7) is 6.18. The van der Waals surface area contributed by atoms with Crippen LogP contribution in [0.4, 0.5) is 0 Å². The Balaban J connectivity index is 4.04. The van der Waals surface area contributed by atoms with Gasteiger partial charge in [-0.25, -0.2) is 0 Å². The molecule has 5 heteroatoms. The van der Waals surface area contributed by atoms with Crippen LogP contribution in [0.1, 0.15) is 20.8 Å². The van der Waals surface area contributed by atoms with Gasteiger partial charge in [-0.15, -0.1) is 0 Å². The molecule has 0 radical (unpaired) electrons. The molecule has 0 aliphatic heterocycles. The molecule has 0 spiro atoms. The third-order valence-corrected chi connectivity index (χ3v) is 1.89. The number of hydrogen-bond donors (Lipinski definition) is 1. The van der Waals surface area contributed by atoms with E-state index >= 15 is 0 Å². The van der Waals surface area contributed by atoms with Crippen molar-refractivity contribution < 1.29 is 14.3 Å². The first-order valence-corrected chi connectivity index (χ1v) is 5.11. The minimum absolute atomic E-state index is 0.0210. The van der Waals surface area contributed by atoms with E-state index in [2.05, 4.69) is 5.32 Å². The lowest BCUT2D eigenvalue weighted by atomic mass is 10.4. The Labute approximate surface area is 90.8 Å². The minimum Gasteiger partial charge on any atom is -0.369 e. The molecule has 88 valence electrons. The zero-order valence-corrected chi connectivity index (χ0v) is 9.87. The van der Waals surface area contributed by atoms with Crippen molar-refractivity contribution in [3.63, 3.8) is 0 Å². The van der Waals surface area contributed by atoms with E-state index in [9.17, 15) is 9.59 Å². The van der Waals surface area contributed by atoms with Crippen LogP contribution in [-0.2, 0) is 14.3 Å². The summed E-state index contributed by atoms with van der Waals surface area (Å²) in [7, 11) is 1.55. The third-order valence-electron chi connectivity index (χ3n) is 1.89. The number of ether oxygens (including phenoxy) is 1. The van der Waals surface area contributed by atoms with Gasteiger partial charge in [-0.1, -0.05) is 0 Å².